The van der Waals surface area contributed by atoms with Crippen molar-refractivity contribution in [1.29, 1.82) is 0 Å². The first-order valence-corrected chi connectivity index (χ1v) is 7.72. The summed E-state index contributed by atoms with van der Waals surface area (Å²) in [4.78, 5) is 26.5. The molecule has 4 nitrogen and oxygen atoms in total. The van der Waals surface area contributed by atoms with E-state index in [1.165, 1.54) is 4.90 Å². The Morgan fingerprint density at radius 2 is 1.95 bits per heavy atom. The second-order valence-electron chi connectivity index (χ2n) is 7.77. The van der Waals surface area contributed by atoms with Gasteiger partial charge in [-0.25, -0.2) is 9.69 Å². The van der Waals surface area contributed by atoms with E-state index in [4.69, 9.17) is 4.74 Å². The molecule has 1 saturated heterocycles. The highest BCUT2D eigenvalue weighted by molar-refractivity contribution is 5.99. The zero-order valence-electron chi connectivity index (χ0n) is 14.2. The summed E-state index contributed by atoms with van der Waals surface area (Å²) < 4.78 is 5.39. The zero-order chi connectivity index (χ0) is 16.2. The third-order valence-electron chi connectivity index (χ3n) is 5.22. The van der Waals surface area contributed by atoms with Crippen molar-refractivity contribution in [3.63, 3.8) is 0 Å². The average molecular weight is 293 g/mol. The predicted molar refractivity (Wildman–Crippen MR) is 81.6 cm³/mol. The van der Waals surface area contributed by atoms with Crippen LogP contribution in [0, 0.1) is 23.2 Å². The van der Waals surface area contributed by atoms with Crippen LogP contribution in [-0.4, -0.2) is 29.0 Å². The van der Waals surface area contributed by atoms with E-state index in [9.17, 15) is 9.59 Å². The van der Waals surface area contributed by atoms with Crippen LogP contribution in [0.2, 0.25) is 0 Å². The van der Waals surface area contributed by atoms with E-state index in [0.29, 0.717) is 18.4 Å². The van der Waals surface area contributed by atoms with Crippen LogP contribution >= 0.6 is 0 Å². The van der Waals surface area contributed by atoms with Gasteiger partial charge in [-0.05, 0) is 52.4 Å². The fraction of sp³-hybridized carbons (Fsp3) is 0.765. The first kappa shape index (κ1) is 16.1. The summed E-state index contributed by atoms with van der Waals surface area (Å²) in [6.45, 7) is 14.2. The average Bonchev–Trinajstić information content (AvgIpc) is 2.60. The number of allylic oxidation sites excluding steroid dienone is 1. The molecule has 4 atom stereocenters. The van der Waals surface area contributed by atoms with Crippen LogP contribution < -0.4 is 0 Å². The van der Waals surface area contributed by atoms with Crippen LogP contribution in [0.25, 0.3) is 0 Å². The molecule has 0 spiro atoms. The number of rotatable bonds is 0. The maximum atomic E-state index is 12.8. The number of hydrogen-bond acceptors (Lipinski definition) is 3. The standard InChI is InChI=1S/C17H27NO3/c1-10-8-11(2)17(7)13(12(10)3)9-18(14(17)19)15(20)21-16(4,5)6/h8,10,12-13H,9H2,1-7H3/t10-,12+,13+,17-/m1/s1. The van der Waals surface area contributed by atoms with Crippen molar-refractivity contribution < 1.29 is 14.3 Å². The van der Waals surface area contributed by atoms with Gasteiger partial charge in [-0.1, -0.05) is 25.5 Å². The molecule has 118 valence electrons. The molecule has 1 heterocycles. The Morgan fingerprint density at radius 1 is 1.38 bits per heavy atom. The third-order valence-corrected chi connectivity index (χ3v) is 5.22. The predicted octanol–water partition coefficient (Wildman–Crippen LogP) is 3.62. The van der Waals surface area contributed by atoms with Crippen molar-refractivity contribution in [2.75, 3.05) is 6.54 Å². The molecule has 0 bridgehead atoms. The van der Waals surface area contributed by atoms with Crippen LogP contribution in [0.5, 0.6) is 0 Å². The third kappa shape index (κ3) is 2.49. The van der Waals surface area contributed by atoms with Crippen molar-refractivity contribution >= 4 is 12.0 Å². The normalized spacial score (nSPS) is 36.3. The Kier molecular flexibility index (Phi) is 3.71. The molecule has 0 saturated carbocycles. The minimum absolute atomic E-state index is 0.116. The summed E-state index contributed by atoms with van der Waals surface area (Å²) in [5, 5.41) is 0. The minimum Gasteiger partial charge on any atom is -0.443 e. The number of carbonyl (C=O) groups excluding carboxylic acids is 2. The number of amides is 2. The Bertz CT molecular complexity index is 503. The first-order valence-electron chi connectivity index (χ1n) is 7.72. The highest BCUT2D eigenvalue weighted by Gasteiger charge is 2.57. The lowest BCUT2D eigenvalue weighted by atomic mass is 9.61. The quantitative estimate of drug-likeness (QED) is 0.641. The maximum Gasteiger partial charge on any atom is 0.417 e. The molecule has 1 aliphatic carbocycles. The number of hydrogen-bond donors (Lipinski definition) is 0. The van der Waals surface area contributed by atoms with Crippen LogP contribution in [0.15, 0.2) is 11.6 Å². The number of ether oxygens (including phenoxy) is 1. The SMILES string of the molecule is CC1=C[C@@H](C)[C@H](C)[C@@H]2CN(C(=O)OC(C)(C)C)C(=O)[C@]12C. The summed E-state index contributed by atoms with van der Waals surface area (Å²) in [6, 6.07) is 0. The largest absolute Gasteiger partial charge is 0.443 e. The van der Waals surface area contributed by atoms with E-state index in [-0.39, 0.29) is 11.8 Å². The first-order chi connectivity index (χ1) is 9.48. The Hall–Kier alpha value is -1.32. The molecule has 1 aliphatic heterocycles. The van der Waals surface area contributed by atoms with Crippen molar-refractivity contribution in [2.24, 2.45) is 23.2 Å². The molecule has 0 aromatic heterocycles. The number of nitrogens with zero attached hydrogens (tertiary/aromatic N) is 1. The van der Waals surface area contributed by atoms with Gasteiger partial charge >= 0.3 is 6.09 Å². The molecule has 21 heavy (non-hydrogen) atoms. The molecule has 2 rings (SSSR count). The zero-order valence-corrected chi connectivity index (χ0v) is 14.2. The summed E-state index contributed by atoms with van der Waals surface area (Å²) in [6.07, 6.45) is 1.66. The van der Waals surface area contributed by atoms with Crippen molar-refractivity contribution in [3.05, 3.63) is 11.6 Å². The summed E-state index contributed by atoms with van der Waals surface area (Å²) >= 11 is 0. The summed E-state index contributed by atoms with van der Waals surface area (Å²) in [5.74, 6) is 0.844. The smallest absolute Gasteiger partial charge is 0.417 e. The van der Waals surface area contributed by atoms with E-state index >= 15 is 0 Å². The highest BCUT2D eigenvalue weighted by atomic mass is 16.6. The van der Waals surface area contributed by atoms with Gasteiger partial charge < -0.3 is 4.74 Å². The number of fused-ring (bicyclic) bond motifs is 1. The molecule has 2 amide bonds. The van der Waals surface area contributed by atoms with Gasteiger partial charge in [0.2, 0.25) is 5.91 Å². The molecule has 4 heteroatoms. The number of likely N-dealkylation sites (tertiary alicyclic amines) is 1. The van der Waals surface area contributed by atoms with Crippen molar-refractivity contribution in [1.82, 2.24) is 4.90 Å². The van der Waals surface area contributed by atoms with E-state index in [1.807, 2.05) is 34.6 Å². The topological polar surface area (TPSA) is 46.6 Å². The molecular formula is C17H27NO3. The maximum absolute atomic E-state index is 12.8. The molecule has 0 aromatic carbocycles. The van der Waals surface area contributed by atoms with E-state index in [0.717, 1.165) is 5.57 Å². The summed E-state index contributed by atoms with van der Waals surface area (Å²) in [7, 11) is 0. The van der Waals surface area contributed by atoms with Crippen molar-refractivity contribution in [3.8, 4) is 0 Å². The Balaban J connectivity index is 2.32. The van der Waals surface area contributed by atoms with Crippen LogP contribution in [0.1, 0.15) is 48.5 Å². The lowest BCUT2D eigenvalue weighted by Crippen LogP contribution is -2.42. The van der Waals surface area contributed by atoms with Crippen molar-refractivity contribution in [2.45, 2.75) is 54.1 Å². The Morgan fingerprint density at radius 3 is 2.48 bits per heavy atom. The molecular weight excluding hydrogens is 266 g/mol. The van der Waals surface area contributed by atoms with Gasteiger partial charge in [-0.3, -0.25) is 4.79 Å². The highest BCUT2D eigenvalue weighted by Crippen LogP contribution is 2.52. The molecule has 0 unspecified atom stereocenters. The van der Waals surface area contributed by atoms with Crippen LogP contribution in [0.3, 0.4) is 0 Å². The van der Waals surface area contributed by atoms with Gasteiger partial charge in [-0.2, -0.15) is 0 Å². The van der Waals surface area contributed by atoms with Gasteiger partial charge in [0.25, 0.3) is 0 Å². The molecule has 0 N–H and O–H groups in total. The molecule has 0 radical (unpaired) electrons. The second-order valence-corrected chi connectivity index (χ2v) is 7.77. The Labute approximate surface area is 127 Å². The molecule has 1 fully saturated rings. The van der Waals surface area contributed by atoms with Crippen LogP contribution in [0.4, 0.5) is 4.79 Å². The fourth-order valence-electron chi connectivity index (χ4n) is 3.61. The molecule has 2 aliphatic rings. The van der Waals surface area contributed by atoms with Gasteiger partial charge in [-0.15, -0.1) is 0 Å². The lowest BCUT2D eigenvalue weighted by Gasteiger charge is -2.40. The van der Waals surface area contributed by atoms with E-state index in [1.54, 1.807) is 0 Å². The number of imide groups is 1. The van der Waals surface area contributed by atoms with Crippen LogP contribution in [-0.2, 0) is 9.53 Å². The second kappa shape index (κ2) is 4.85. The monoisotopic (exact) mass is 293 g/mol. The lowest BCUT2D eigenvalue weighted by molar-refractivity contribution is -0.134. The summed E-state index contributed by atoms with van der Waals surface area (Å²) in [5.41, 5.74) is -0.0762. The van der Waals surface area contributed by atoms with Gasteiger partial charge in [0, 0.05) is 6.54 Å². The van der Waals surface area contributed by atoms with Gasteiger partial charge in [0.15, 0.2) is 0 Å². The van der Waals surface area contributed by atoms with E-state index < -0.39 is 17.1 Å². The van der Waals surface area contributed by atoms with Gasteiger partial charge in [0.05, 0.1) is 5.41 Å². The van der Waals surface area contributed by atoms with Gasteiger partial charge in [0.1, 0.15) is 5.60 Å². The number of carbonyl (C=O) groups is 2. The van der Waals surface area contributed by atoms with E-state index in [2.05, 4.69) is 19.9 Å². The minimum atomic E-state index is -0.587. The molecule has 0 aromatic rings. The fourth-order valence-corrected chi connectivity index (χ4v) is 3.61.